The van der Waals surface area contributed by atoms with E-state index >= 15 is 0 Å². The number of hydrogen-bond donors (Lipinski definition) is 1. The lowest BCUT2D eigenvalue weighted by Gasteiger charge is -2.11. The van der Waals surface area contributed by atoms with Gasteiger partial charge in [-0.05, 0) is 11.1 Å². The van der Waals surface area contributed by atoms with Gasteiger partial charge < -0.3 is 4.89 Å². The molecule has 0 bridgehead atoms. The summed E-state index contributed by atoms with van der Waals surface area (Å²) in [4.78, 5) is 14.5. The van der Waals surface area contributed by atoms with Gasteiger partial charge in [0, 0.05) is 0 Å². The minimum atomic E-state index is -3.77. The molecule has 0 spiro atoms. The van der Waals surface area contributed by atoms with Crippen molar-refractivity contribution in [3.63, 3.8) is 0 Å². The standard InChI is InChI=1S/C14H15O4P/c15-19(16,12-14-9-5-2-6-10-14)18-17-11-13-7-3-1-4-8-13/h1-10H,11-12H2,(H,15,16). The molecule has 0 aromatic heterocycles. The second kappa shape index (κ2) is 6.64. The van der Waals surface area contributed by atoms with Gasteiger partial charge in [0.15, 0.2) is 0 Å². The Kier molecular flexibility index (Phi) is 4.88. The summed E-state index contributed by atoms with van der Waals surface area (Å²) in [5.74, 6) is 0. The summed E-state index contributed by atoms with van der Waals surface area (Å²) < 4.78 is 16.4. The summed E-state index contributed by atoms with van der Waals surface area (Å²) in [6, 6.07) is 18.3. The fraction of sp³-hybridized carbons (Fsp3) is 0.143. The maximum Gasteiger partial charge on any atom is 0.359 e. The van der Waals surface area contributed by atoms with E-state index in [1.165, 1.54) is 0 Å². The Morgan fingerprint density at radius 1 is 0.895 bits per heavy atom. The van der Waals surface area contributed by atoms with Crippen LogP contribution in [0.15, 0.2) is 60.7 Å². The van der Waals surface area contributed by atoms with Gasteiger partial charge in [0.1, 0.15) is 6.61 Å². The minimum absolute atomic E-state index is 0.0668. The van der Waals surface area contributed by atoms with Gasteiger partial charge in [-0.25, -0.2) is 4.89 Å². The third kappa shape index (κ3) is 4.97. The van der Waals surface area contributed by atoms with E-state index < -0.39 is 7.60 Å². The van der Waals surface area contributed by atoms with Crippen LogP contribution in [0.3, 0.4) is 0 Å². The molecular weight excluding hydrogens is 263 g/mol. The molecule has 0 fully saturated rings. The predicted molar refractivity (Wildman–Crippen MR) is 72.3 cm³/mol. The van der Waals surface area contributed by atoms with Crippen molar-refractivity contribution in [1.82, 2.24) is 0 Å². The SMILES string of the molecule is O=P(O)(Cc1ccccc1)OOCc1ccccc1. The monoisotopic (exact) mass is 278 g/mol. The Balaban J connectivity index is 1.83. The molecule has 1 N–H and O–H groups in total. The highest BCUT2D eigenvalue weighted by Gasteiger charge is 2.21. The molecular formula is C14H15O4P. The van der Waals surface area contributed by atoms with Gasteiger partial charge in [-0.15, -0.1) is 4.67 Å². The Labute approximate surface area is 112 Å². The topological polar surface area (TPSA) is 55.8 Å². The average Bonchev–Trinajstić information content (AvgIpc) is 2.40. The van der Waals surface area contributed by atoms with Crippen molar-refractivity contribution >= 4 is 7.60 Å². The highest BCUT2D eigenvalue weighted by atomic mass is 31.2. The molecule has 0 aliphatic carbocycles. The number of benzene rings is 2. The largest absolute Gasteiger partial charge is 0.359 e. The molecule has 2 aromatic rings. The van der Waals surface area contributed by atoms with E-state index in [9.17, 15) is 9.46 Å². The van der Waals surface area contributed by atoms with Crippen molar-refractivity contribution in [3.8, 4) is 0 Å². The van der Waals surface area contributed by atoms with Crippen LogP contribution in [0, 0.1) is 0 Å². The van der Waals surface area contributed by atoms with Crippen LogP contribution in [-0.2, 0) is 26.9 Å². The lowest BCUT2D eigenvalue weighted by atomic mass is 10.2. The summed E-state index contributed by atoms with van der Waals surface area (Å²) in [5.41, 5.74) is 1.61. The quantitative estimate of drug-likeness (QED) is 0.499. The van der Waals surface area contributed by atoms with Crippen LogP contribution in [-0.4, -0.2) is 4.89 Å². The molecule has 1 atom stereocenters. The van der Waals surface area contributed by atoms with Crippen LogP contribution >= 0.6 is 7.60 Å². The zero-order valence-electron chi connectivity index (χ0n) is 10.3. The van der Waals surface area contributed by atoms with Gasteiger partial charge in [0.25, 0.3) is 0 Å². The first-order valence-electron chi connectivity index (χ1n) is 5.87. The highest BCUT2D eigenvalue weighted by Crippen LogP contribution is 2.45. The van der Waals surface area contributed by atoms with Crippen molar-refractivity contribution < 1.29 is 19.0 Å². The van der Waals surface area contributed by atoms with E-state index in [-0.39, 0.29) is 12.8 Å². The summed E-state index contributed by atoms with van der Waals surface area (Å²) >= 11 is 0. The summed E-state index contributed by atoms with van der Waals surface area (Å²) in [7, 11) is -3.77. The number of rotatable bonds is 6. The van der Waals surface area contributed by atoms with Crippen LogP contribution in [0.1, 0.15) is 11.1 Å². The molecule has 4 nitrogen and oxygen atoms in total. The van der Waals surface area contributed by atoms with E-state index in [2.05, 4.69) is 4.67 Å². The Hall–Kier alpha value is -1.45. The fourth-order valence-corrected chi connectivity index (χ4v) is 2.53. The average molecular weight is 278 g/mol. The third-order valence-electron chi connectivity index (χ3n) is 2.46. The van der Waals surface area contributed by atoms with Crippen molar-refractivity contribution in [3.05, 3.63) is 71.8 Å². The smallest absolute Gasteiger partial charge is 0.323 e. The molecule has 1 unspecified atom stereocenters. The first kappa shape index (κ1) is 14.0. The van der Waals surface area contributed by atoms with Crippen LogP contribution in [0.4, 0.5) is 0 Å². The van der Waals surface area contributed by atoms with E-state index in [0.717, 1.165) is 11.1 Å². The van der Waals surface area contributed by atoms with Crippen LogP contribution in [0.5, 0.6) is 0 Å². The molecule has 0 saturated heterocycles. The lowest BCUT2D eigenvalue weighted by Crippen LogP contribution is -1.96. The summed E-state index contributed by atoms with van der Waals surface area (Å²) in [6.45, 7) is 0.139. The van der Waals surface area contributed by atoms with E-state index in [0.29, 0.717) is 0 Å². The molecule has 0 amide bonds. The molecule has 0 aliphatic heterocycles. The molecule has 0 saturated carbocycles. The zero-order chi connectivity index (χ0) is 13.6. The molecule has 19 heavy (non-hydrogen) atoms. The van der Waals surface area contributed by atoms with Crippen molar-refractivity contribution in [2.75, 3.05) is 0 Å². The van der Waals surface area contributed by atoms with Crippen LogP contribution in [0.25, 0.3) is 0 Å². The maximum atomic E-state index is 11.8. The summed E-state index contributed by atoms with van der Waals surface area (Å²) in [6.07, 6.45) is -0.0668. The van der Waals surface area contributed by atoms with Gasteiger partial charge in [0.05, 0.1) is 6.16 Å². The second-order valence-corrected chi connectivity index (χ2v) is 5.84. The fourth-order valence-electron chi connectivity index (χ4n) is 1.59. The van der Waals surface area contributed by atoms with Crippen molar-refractivity contribution in [2.24, 2.45) is 0 Å². The first-order chi connectivity index (χ1) is 9.16. The molecule has 0 heterocycles. The van der Waals surface area contributed by atoms with E-state index in [1.54, 1.807) is 24.3 Å². The van der Waals surface area contributed by atoms with Crippen molar-refractivity contribution in [2.45, 2.75) is 12.8 Å². The minimum Gasteiger partial charge on any atom is -0.323 e. The Morgan fingerprint density at radius 3 is 2.00 bits per heavy atom. The molecule has 2 rings (SSSR count). The molecule has 5 heteroatoms. The Morgan fingerprint density at radius 2 is 1.42 bits per heavy atom. The second-order valence-electron chi connectivity index (χ2n) is 4.10. The van der Waals surface area contributed by atoms with E-state index in [1.807, 2.05) is 36.4 Å². The molecule has 2 aromatic carbocycles. The third-order valence-corrected chi connectivity index (χ3v) is 3.57. The predicted octanol–water partition coefficient (Wildman–Crippen LogP) is 3.52. The van der Waals surface area contributed by atoms with Gasteiger partial charge in [-0.3, -0.25) is 4.57 Å². The maximum absolute atomic E-state index is 11.8. The zero-order valence-corrected chi connectivity index (χ0v) is 11.2. The van der Waals surface area contributed by atoms with Crippen molar-refractivity contribution in [1.29, 1.82) is 0 Å². The Bertz CT molecular complexity index is 542. The van der Waals surface area contributed by atoms with Gasteiger partial charge in [0.2, 0.25) is 0 Å². The van der Waals surface area contributed by atoms with Gasteiger partial charge in [-0.2, -0.15) is 0 Å². The van der Waals surface area contributed by atoms with Crippen LogP contribution < -0.4 is 0 Å². The first-order valence-corrected chi connectivity index (χ1v) is 7.63. The molecule has 0 radical (unpaired) electrons. The lowest BCUT2D eigenvalue weighted by molar-refractivity contribution is -0.224. The highest BCUT2D eigenvalue weighted by molar-refractivity contribution is 7.51. The van der Waals surface area contributed by atoms with Crippen LogP contribution in [0.2, 0.25) is 0 Å². The molecule has 100 valence electrons. The van der Waals surface area contributed by atoms with Gasteiger partial charge in [-0.1, -0.05) is 60.7 Å². The summed E-state index contributed by atoms with van der Waals surface area (Å²) in [5, 5.41) is 0. The number of hydrogen-bond acceptors (Lipinski definition) is 3. The normalized spacial score (nSPS) is 13.9. The van der Waals surface area contributed by atoms with E-state index in [4.69, 9.17) is 4.89 Å². The van der Waals surface area contributed by atoms with Gasteiger partial charge >= 0.3 is 7.60 Å². The molecule has 0 aliphatic rings.